The van der Waals surface area contributed by atoms with E-state index in [9.17, 15) is 10.1 Å². The van der Waals surface area contributed by atoms with Crippen molar-refractivity contribution in [2.75, 3.05) is 6.61 Å². The van der Waals surface area contributed by atoms with Gasteiger partial charge in [-0.05, 0) is 23.3 Å². The molecule has 0 spiro atoms. The molecule has 0 saturated heterocycles. The number of aromatic nitrogens is 1. The Morgan fingerprint density at radius 1 is 1.18 bits per heavy atom. The number of ether oxygens (including phenoxy) is 1. The lowest BCUT2D eigenvalue weighted by Crippen LogP contribution is -1.95. The van der Waals surface area contributed by atoms with Gasteiger partial charge >= 0.3 is 6.08 Å². The molecule has 1 aromatic heterocycles. The van der Waals surface area contributed by atoms with Crippen molar-refractivity contribution in [2.45, 2.75) is 0 Å². The van der Waals surface area contributed by atoms with Gasteiger partial charge in [0.05, 0.1) is 0 Å². The Labute approximate surface area is 125 Å². The first-order valence-electron chi connectivity index (χ1n) is 6.44. The first-order valence-corrected chi connectivity index (χ1v) is 6.44. The summed E-state index contributed by atoms with van der Waals surface area (Å²) in [6.07, 6.45) is 0.0397. The van der Waals surface area contributed by atoms with Crippen LogP contribution in [0.1, 0.15) is 0 Å². The van der Waals surface area contributed by atoms with Gasteiger partial charge in [-0.2, -0.15) is 4.98 Å². The number of benzene rings is 2. The van der Waals surface area contributed by atoms with Crippen LogP contribution in [-0.4, -0.2) is 16.5 Å². The van der Waals surface area contributed by atoms with Crippen LogP contribution >= 0.6 is 0 Å². The smallest absolute Gasteiger partial charge is 0.395 e. The van der Waals surface area contributed by atoms with Crippen molar-refractivity contribution in [3.05, 3.63) is 58.6 Å². The number of fused-ring (bicyclic) bond motifs is 1. The maximum Gasteiger partial charge on any atom is 0.395 e. The minimum absolute atomic E-state index is 0.0397. The Hall–Kier alpha value is -3.33. The number of hydrogen-bond acceptors (Lipinski definition) is 5. The molecule has 22 heavy (non-hydrogen) atoms. The maximum absolute atomic E-state index is 10.1. The van der Waals surface area contributed by atoms with Gasteiger partial charge in [0, 0.05) is 5.92 Å². The fourth-order valence-corrected chi connectivity index (χ4v) is 1.97. The predicted molar refractivity (Wildman–Crippen MR) is 79.7 cm³/mol. The molecule has 0 saturated carbocycles. The zero-order chi connectivity index (χ0) is 15.4. The second kappa shape index (κ2) is 5.97. The third kappa shape index (κ3) is 3.04. The highest BCUT2D eigenvalue weighted by Gasteiger charge is 2.08. The Kier molecular flexibility index (Phi) is 3.70. The maximum atomic E-state index is 10.1. The molecule has 1 heterocycles. The number of oxazole rings is 1. The Balaban J connectivity index is 1.82. The molecule has 3 rings (SSSR count). The molecule has 0 atom stereocenters. The quantitative estimate of drug-likeness (QED) is 0.321. The molecular weight excluding hydrogens is 284 g/mol. The predicted octanol–water partition coefficient (Wildman–Crippen LogP) is 3.11. The van der Waals surface area contributed by atoms with E-state index >= 15 is 0 Å². The molecule has 108 valence electrons. The molecule has 0 N–H and O–H groups in total. The molecule has 3 aromatic rings. The minimum atomic E-state index is -0.735. The molecule has 0 aliphatic carbocycles. The van der Waals surface area contributed by atoms with Crippen LogP contribution < -0.4 is 4.74 Å². The molecule has 2 aromatic carbocycles. The van der Waals surface area contributed by atoms with Gasteiger partial charge in [0.15, 0.2) is 12.2 Å². The number of nitro groups is 1. The summed E-state index contributed by atoms with van der Waals surface area (Å²) in [7, 11) is 0. The third-order valence-corrected chi connectivity index (χ3v) is 2.91. The normalized spacial score (nSPS) is 10.0. The molecule has 6 heteroatoms. The van der Waals surface area contributed by atoms with E-state index in [0.717, 1.165) is 11.1 Å². The fraction of sp³-hybridized carbons (Fsp3) is 0.0625. The monoisotopic (exact) mass is 294 g/mol. The Morgan fingerprint density at radius 3 is 2.77 bits per heavy atom. The van der Waals surface area contributed by atoms with E-state index < -0.39 is 4.92 Å². The van der Waals surface area contributed by atoms with Crippen molar-refractivity contribution < 1.29 is 14.1 Å². The summed E-state index contributed by atoms with van der Waals surface area (Å²) < 4.78 is 10.5. The van der Waals surface area contributed by atoms with E-state index in [0.29, 0.717) is 11.1 Å². The average Bonchev–Trinajstić information content (AvgIpc) is 2.94. The molecule has 0 aliphatic rings. The molecular formula is C16H10N2O4. The van der Waals surface area contributed by atoms with Crippen LogP contribution in [0.2, 0.25) is 0 Å². The van der Waals surface area contributed by atoms with Crippen molar-refractivity contribution in [1.82, 2.24) is 4.98 Å². The number of hydrogen-bond donors (Lipinski definition) is 0. The van der Waals surface area contributed by atoms with Crippen LogP contribution in [0.5, 0.6) is 6.08 Å². The highest BCUT2D eigenvalue weighted by molar-refractivity contribution is 5.80. The zero-order valence-corrected chi connectivity index (χ0v) is 11.4. The van der Waals surface area contributed by atoms with Crippen LogP contribution in [0, 0.1) is 22.1 Å². The second-order valence-corrected chi connectivity index (χ2v) is 4.36. The average molecular weight is 294 g/mol. The van der Waals surface area contributed by atoms with E-state index in [-0.39, 0.29) is 12.7 Å². The van der Waals surface area contributed by atoms with Crippen LogP contribution in [0.15, 0.2) is 52.9 Å². The van der Waals surface area contributed by atoms with Gasteiger partial charge in [0.25, 0.3) is 6.04 Å². The standard InChI is InChI=1S/C16H10N2O4/c19-18(20)9-4-10-21-16-17-14-11-13(7-8-15(14)22-16)12-5-2-1-3-6-12/h1-3,5-8,11H,10H2. The van der Waals surface area contributed by atoms with Gasteiger partial charge in [0.2, 0.25) is 0 Å². The van der Waals surface area contributed by atoms with Gasteiger partial charge in [-0.25, -0.2) is 10.1 Å². The van der Waals surface area contributed by atoms with E-state index in [1.54, 1.807) is 12.1 Å². The number of rotatable bonds is 3. The van der Waals surface area contributed by atoms with Crippen LogP contribution in [0.3, 0.4) is 0 Å². The molecule has 6 nitrogen and oxygen atoms in total. The molecule has 0 radical (unpaired) electrons. The van der Waals surface area contributed by atoms with Gasteiger partial charge in [-0.1, -0.05) is 36.4 Å². The Morgan fingerprint density at radius 2 is 2.00 bits per heavy atom. The summed E-state index contributed by atoms with van der Waals surface area (Å²) >= 11 is 0. The molecule has 0 unspecified atom stereocenters. The summed E-state index contributed by atoms with van der Waals surface area (Å²) in [5.74, 6) is 2.24. The van der Waals surface area contributed by atoms with E-state index in [1.807, 2.05) is 42.5 Å². The van der Waals surface area contributed by atoms with Crippen LogP contribution in [0.25, 0.3) is 22.2 Å². The second-order valence-electron chi connectivity index (χ2n) is 4.36. The number of nitrogens with zero attached hydrogens (tertiary/aromatic N) is 2. The third-order valence-electron chi connectivity index (χ3n) is 2.91. The lowest BCUT2D eigenvalue weighted by Gasteiger charge is -1.99. The van der Waals surface area contributed by atoms with Crippen LogP contribution in [-0.2, 0) is 0 Å². The lowest BCUT2D eigenvalue weighted by atomic mass is 10.1. The SMILES string of the molecule is O=[N+]([O-])C#CCOc1nc2cc(-c3ccccc3)ccc2o1. The van der Waals surface area contributed by atoms with Gasteiger partial charge in [-0.15, -0.1) is 0 Å². The van der Waals surface area contributed by atoms with Crippen molar-refractivity contribution in [2.24, 2.45) is 0 Å². The van der Waals surface area contributed by atoms with Crippen LogP contribution in [0.4, 0.5) is 0 Å². The summed E-state index contributed by atoms with van der Waals surface area (Å²) in [5, 5.41) is 10.1. The summed E-state index contributed by atoms with van der Waals surface area (Å²) in [5.41, 5.74) is 3.32. The zero-order valence-electron chi connectivity index (χ0n) is 11.4. The molecule has 0 aliphatic heterocycles. The first kappa shape index (κ1) is 13.6. The van der Waals surface area contributed by atoms with Gasteiger partial charge < -0.3 is 9.15 Å². The lowest BCUT2D eigenvalue weighted by molar-refractivity contribution is -0.379. The van der Waals surface area contributed by atoms with E-state index in [4.69, 9.17) is 9.15 Å². The van der Waals surface area contributed by atoms with Crippen molar-refractivity contribution in [1.29, 1.82) is 0 Å². The molecule has 0 fully saturated rings. The summed E-state index contributed by atoms with van der Waals surface area (Å²) in [6.45, 7) is -0.153. The highest BCUT2D eigenvalue weighted by Crippen LogP contribution is 2.26. The Bertz CT molecular complexity index is 875. The minimum Gasteiger partial charge on any atom is -0.437 e. The van der Waals surface area contributed by atoms with E-state index in [1.165, 1.54) is 0 Å². The van der Waals surface area contributed by atoms with Gasteiger partial charge in [-0.3, -0.25) is 0 Å². The topological polar surface area (TPSA) is 78.4 Å². The van der Waals surface area contributed by atoms with E-state index in [2.05, 4.69) is 10.9 Å². The van der Waals surface area contributed by atoms with Crippen molar-refractivity contribution in [3.63, 3.8) is 0 Å². The summed E-state index contributed by atoms with van der Waals surface area (Å²) in [6, 6.07) is 17.3. The van der Waals surface area contributed by atoms with Gasteiger partial charge in [0.1, 0.15) is 10.4 Å². The highest BCUT2D eigenvalue weighted by atomic mass is 16.6. The summed E-state index contributed by atoms with van der Waals surface area (Å²) in [4.78, 5) is 13.5. The largest absolute Gasteiger partial charge is 0.437 e. The molecule has 0 bridgehead atoms. The fourth-order valence-electron chi connectivity index (χ4n) is 1.97. The van der Waals surface area contributed by atoms with Crippen molar-refractivity contribution in [3.8, 4) is 29.2 Å². The molecule has 0 amide bonds. The first-order chi connectivity index (χ1) is 10.7. The van der Waals surface area contributed by atoms with Crippen molar-refractivity contribution >= 4 is 11.1 Å².